The Bertz CT molecular complexity index is 239. The van der Waals surface area contributed by atoms with Crippen molar-refractivity contribution in [2.45, 2.75) is 67.2 Å². The first-order valence-electron chi connectivity index (χ1n) is 7.00. The largest absolute Gasteiger partial charge is 0.0851 e. The lowest BCUT2D eigenvalue weighted by Gasteiger charge is -2.50. The van der Waals surface area contributed by atoms with Crippen LogP contribution in [0.4, 0.5) is 0 Å². The summed E-state index contributed by atoms with van der Waals surface area (Å²) in [6, 6.07) is 0. The number of allylic oxidation sites excluding steroid dienone is 2. The Hall–Kier alpha value is -0.260. The van der Waals surface area contributed by atoms with Crippen molar-refractivity contribution in [1.29, 1.82) is 0 Å². The van der Waals surface area contributed by atoms with E-state index in [1.807, 2.05) is 0 Å². The molecule has 0 amide bonds. The van der Waals surface area contributed by atoms with Crippen LogP contribution >= 0.6 is 0 Å². The fraction of sp³-hybridized carbons (Fsp3) is 0.875. The van der Waals surface area contributed by atoms with E-state index in [9.17, 15) is 0 Å². The van der Waals surface area contributed by atoms with E-state index in [2.05, 4.69) is 53.7 Å². The zero-order valence-electron chi connectivity index (χ0n) is 12.1. The molecule has 0 aromatic carbocycles. The summed E-state index contributed by atoms with van der Waals surface area (Å²) in [5.74, 6) is 1.63. The van der Waals surface area contributed by atoms with Crippen LogP contribution in [0, 0.1) is 22.7 Å². The second kappa shape index (κ2) is 4.94. The third-order valence-electron chi connectivity index (χ3n) is 4.98. The molecule has 0 heterocycles. The minimum Gasteiger partial charge on any atom is -0.0851 e. The number of hydrogen-bond acceptors (Lipinski definition) is 0. The summed E-state index contributed by atoms with van der Waals surface area (Å²) in [4.78, 5) is 0. The zero-order valence-corrected chi connectivity index (χ0v) is 12.1. The lowest BCUT2D eigenvalue weighted by molar-refractivity contribution is 0.0378. The second-order valence-corrected chi connectivity index (χ2v) is 6.91. The molecule has 0 bridgehead atoms. The van der Waals surface area contributed by atoms with E-state index in [0.717, 1.165) is 11.8 Å². The maximum atomic E-state index is 2.53. The molecule has 0 saturated heterocycles. The van der Waals surface area contributed by atoms with Gasteiger partial charge in [0.1, 0.15) is 0 Å². The van der Waals surface area contributed by atoms with E-state index in [1.54, 1.807) is 0 Å². The third-order valence-corrected chi connectivity index (χ3v) is 4.98. The Kier molecular flexibility index (Phi) is 4.26. The number of rotatable bonds is 4. The molecule has 0 N–H and O–H groups in total. The molecule has 2 unspecified atom stereocenters. The standard InChI is InChI=1S/C16H30/c1-7-13(2)11-12-16(6,15(3,4)5)14-9-8-10-14/h11-14H,7-10H2,1-6H3. The predicted molar refractivity (Wildman–Crippen MR) is 73.5 cm³/mol. The Morgan fingerprint density at radius 3 is 2.06 bits per heavy atom. The van der Waals surface area contributed by atoms with Crippen molar-refractivity contribution < 1.29 is 0 Å². The first-order valence-corrected chi connectivity index (χ1v) is 7.00. The lowest BCUT2D eigenvalue weighted by Crippen LogP contribution is -2.41. The highest BCUT2D eigenvalue weighted by Gasteiger charge is 2.44. The quantitative estimate of drug-likeness (QED) is 0.555. The van der Waals surface area contributed by atoms with Gasteiger partial charge in [-0.1, -0.05) is 66.5 Å². The van der Waals surface area contributed by atoms with Gasteiger partial charge in [-0.2, -0.15) is 0 Å². The molecule has 1 aliphatic rings. The Morgan fingerprint density at radius 1 is 1.19 bits per heavy atom. The van der Waals surface area contributed by atoms with Gasteiger partial charge in [0.2, 0.25) is 0 Å². The molecule has 0 radical (unpaired) electrons. The van der Waals surface area contributed by atoms with Gasteiger partial charge in [0.15, 0.2) is 0 Å². The summed E-state index contributed by atoms with van der Waals surface area (Å²) in [6.45, 7) is 14.2. The third kappa shape index (κ3) is 2.70. The summed E-state index contributed by atoms with van der Waals surface area (Å²) in [6.07, 6.45) is 10.5. The first kappa shape index (κ1) is 13.8. The molecule has 1 rings (SSSR count). The molecule has 1 saturated carbocycles. The maximum absolute atomic E-state index is 2.53. The van der Waals surface area contributed by atoms with E-state index in [4.69, 9.17) is 0 Å². The highest BCUT2D eigenvalue weighted by atomic mass is 14.5. The van der Waals surface area contributed by atoms with Gasteiger partial charge in [0.05, 0.1) is 0 Å². The summed E-state index contributed by atoms with van der Waals surface area (Å²) >= 11 is 0. The molecule has 16 heavy (non-hydrogen) atoms. The fourth-order valence-electron chi connectivity index (χ4n) is 2.51. The molecule has 94 valence electrons. The molecule has 2 atom stereocenters. The summed E-state index contributed by atoms with van der Waals surface area (Å²) in [7, 11) is 0. The van der Waals surface area contributed by atoms with Crippen LogP contribution in [0.5, 0.6) is 0 Å². The van der Waals surface area contributed by atoms with E-state index >= 15 is 0 Å². The van der Waals surface area contributed by atoms with Gasteiger partial charge in [0.25, 0.3) is 0 Å². The molecule has 0 nitrogen and oxygen atoms in total. The van der Waals surface area contributed by atoms with Crippen LogP contribution in [0.1, 0.15) is 67.2 Å². The van der Waals surface area contributed by atoms with Crippen LogP contribution in [-0.2, 0) is 0 Å². The second-order valence-electron chi connectivity index (χ2n) is 6.91. The van der Waals surface area contributed by atoms with Gasteiger partial charge in [-0.05, 0) is 35.5 Å². The average molecular weight is 222 g/mol. The van der Waals surface area contributed by atoms with Crippen molar-refractivity contribution in [3.05, 3.63) is 12.2 Å². The molecule has 0 spiro atoms. The first-order chi connectivity index (χ1) is 7.31. The van der Waals surface area contributed by atoms with E-state index in [-0.39, 0.29) is 0 Å². The molecular formula is C16H30. The molecule has 0 aromatic rings. The highest BCUT2D eigenvalue weighted by Crippen LogP contribution is 2.53. The maximum Gasteiger partial charge on any atom is -0.00697 e. The van der Waals surface area contributed by atoms with Crippen molar-refractivity contribution in [3.63, 3.8) is 0 Å². The van der Waals surface area contributed by atoms with Crippen molar-refractivity contribution in [2.75, 3.05) is 0 Å². The smallest absolute Gasteiger partial charge is 0.00697 e. The van der Waals surface area contributed by atoms with Gasteiger partial charge < -0.3 is 0 Å². The van der Waals surface area contributed by atoms with Crippen LogP contribution < -0.4 is 0 Å². The predicted octanol–water partition coefficient (Wildman–Crippen LogP) is 5.44. The van der Waals surface area contributed by atoms with Gasteiger partial charge in [-0.15, -0.1) is 0 Å². The minimum atomic E-state index is 0.377. The van der Waals surface area contributed by atoms with E-state index in [0.29, 0.717) is 10.8 Å². The molecule has 0 aromatic heterocycles. The van der Waals surface area contributed by atoms with Gasteiger partial charge >= 0.3 is 0 Å². The van der Waals surface area contributed by atoms with Crippen LogP contribution in [0.15, 0.2) is 12.2 Å². The van der Waals surface area contributed by atoms with Crippen LogP contribution in [0.3, 0.4) is 0 Å². The Labute approximate surface area is 103 Å². The minimum absolute atomic E-state index is 0.377. The molecule has 1 aliphatic carbocycles. The summed E-state index contributed by atoms with van der Waals surface area (Å²) < 4.78 is 0. The van der Waals surface area contributed by atoms with E-state index in [1.165, 1.54) is 25.7 Å². The fourth-order valence-corrected chi connectivity index (χ4v) is 2.51. The number of hydrogen-bond donors (Lipinski definition) is 0. The normalized spacial score (nSPS) is 24.1. The average Bonchev–Trinajstić information content (AvgIpc) is 2.09. The SMILES string of the molecule is CCC(C)C=CC(C)(C1CCC1)C(C)(C)C. The van der Waals surface area contributed by atoms with Gasteiger partial charge in [-0.25, -0.2) is 0 Å². The Morgan fingerprint density at radius 2 is 1.75 bits per heavy atom. The molecular weight excluding hydrogens is 192 g/mol. The highest BCUT2D eigenvalue weighted by molar-refractivity contribution is 5.09. The van der Waals surface area contributed by atoms with Crippen LogP contribution in [0.2, 0.25) is 0 Å². The van der Waals surface area contributed by atoms with Crippen LogP contribution in [-0.4, -0.2) is 0 Å². The molecule has 0 heteroatoms. The van der Waals surface area contributed by atoms with Crippen LogP contribution in [0.25, 0.3) is 0 Å². The topological polar surface area (TPSA) is 0 Å². The van der Waals surface area contributed by atoms with Crippen molar-refractivity contribution in [2.24, 2.45) is 22.7 Å². The molecule has 1 fully saturated rings. The Balaban J connectivity index is 2.83. The zero-order chi connectivity index (χ0) is 12.4. The van der Waals surface area contributed by atoms with Crippen molar-refractivity contribution in [1.82, 2.24) is 0 Å². The van der Waals surface area contributed by atoms with Gasteiger partial charge in [-0.3, -0.25) is 0 Å². The van der Waals surface area contributed by atoms with Crippen molar-refractivity contribution in [3.8, 4) is 0 Å². The summed E-state index contributed by atoms with van der Waals surface area (Å²) in [5, 5.41) is 0. The van der Waals surface area contributed by atoms with Crippen molar-refractivity contribution >= 4 is 0 Å². The summed E-state index contributed by atoms with van der Waals surface area (Å²) in [5.41, 5.74) is 0.761. The van der Waals surface area contributed by atoms with E-state index < -0.39 is 0 Å². The lowest BCUT2D eigenvalue weighted by atomic mass is 9.55. The molecule has 0 aliphatic heterocycles. The van der Waals surface area contributed by atoms with Gasteiger partial charge in [0, 0.05) is 0 Å². The monoisotopic (exact) mass is 222 g/mol.